The number of aryl methyl sites for hydroxylation is 1. The number of nitrogens with zero attached hydrogens (tertiary/aromatic N) is 2. The summed E-state index contributed by atoms with van der Waals surface area (Å²) in [5.41, 5.74) is -1.66. The maximum absolute atomic E-state index is 12.8. The molecule has 5 nitrogen and oxygen atoms in total. The third kappa shape index (κ3) is 3.33. The van der Waals surface area contributed by atoms with Crippen LogP contribution in [0.5, 0.6) is 5.75 Å². The number of rotatable bonds is 3. The van der Waals surface area contributed by atoms with Gasteiger partial charge in [0.25, 0.3) is 5.91 Å². The number of hydrogen-bond acceptors (Lipinski definition) is 3. The van der Waals surface area contributed by atoms with Crippen LogP contribution in [0.2, 0.25) is 5.02 Å². The summed E-state index contributed by atoms with van der Waals surface area (Å²) in [6, 6.07) is 4.39. The van der Waals surface area contributed by atoms with Gasteiger partial charge in [0.2, 0.25) is 0 Å². The van der Waals surface area contributed by atoms with Gasteiger partial charge in [-0.2, -0.15) is 18.3 Å². The number of methoxy groups -OCH3 is 1. The van der Waals surface area contributed by atoms with Crippen molar-refractivity contribution in [3.8, 4) is 5.75 Å². The Morgan fingerprint density at radius 3 is 2.64 bits per heavy atom. The summed E-state index contributed by atoms with van der Waals surface area (Å²) in [5, 5.41) is 5.74. The number of hydrogen-bond donors (Lipinski definition) is 1. The van der Waals surface area contributed by atoms with Crippen molar-refractivity contribution in [1.82, 2.24) is 9.78 Å². The number of ether oxygens (including phenoxy) is 1. The molecule has 0 radical (unpaired) electrons. The maximum Gasteiger partial charge on any atom is 0.435 e. The van der Waals surface area contributed by atoms with Gasteiger partial charge >= 0.3 is 6.18 Å². The molecule has 0 spiro atoms. The Morgan fingerprint density at radius 1 is 1.41 bits per heavy atom. The van der Waals surface area contributed by atoms with Gasteiger partial charge in [0.1, 0.15) is 5.75 Å². The third-order valence-electron chi connectivity index (χ3n) is 2.77. The molecule has 1 aromatic carbocycles. The standard InChI is InChI=1S/C13H11ClF3N3O2/c1-20-6-8(11(19-20)13(15,16)17)12(21)18-10-4-3-7(22-2)5-9(10)14/h3-6H,1-2H3,(H,18,21). The van der Waals surface area contributed by atoms with Crippen molar-refractivity contribution < 1.29 is 22.7 Å². The Labute approximate surface area is 128 Å². The third-order valence-corrected chi connectivity index (χ3v) is 3.08. The van der Waals surface area contributed by atoms with Crippen LogP contribution in [0.1, 0.15) is 16.1 Å². The van der Waals surface area contributed by atoms with E-state index >= 15 is 0 Å². The van der Waals surface area contributed by atoms with Gasteiger partial charge in [-0.1, -0.05) is 11.6 Å². The minimum atomic E-state index is -4.72. The molecule has 0 atom stereocenters. The first-order chi connectivity index (χ1) is 10.2. The minimum absolute atomic E-state index is 0.144. The number of nitrogens with one attached hydrogen (secondary N) is 1. The summed E-state index contributed by atoms with van der Waals surface area (Å²) >= 11 is 5.94. The fourth-order valence-electron chi connectivity index (χ4n) is 1.78. The van der Waals surface area contributed by atoms with E-state index in [1.807, 2.05) is 0 Å². The van der Waals surface area contributed by atoms with E-state index in [-0.39, 0.29) is 10.7 Å². The molecule has 118 valence electrons. The highest BCUT2D eigenvalue weighted by atomic mass is 35.5. The molecule has 0 saturated heterocycles. The summed E-state index contributed by atoms with van der Waals surface area (Å²) in [6.45, 7) is 0. The summed E-state index contributed by atoms with van der Waals surface area (Å²) in [4.78, 5) is 12.0. The summed E-state index contributed by atoms with van der Waals surface area (Å²) < 4.78 is 44.4. The van der Waals surface area contributed by atoms with Crippen molar-refractivity contribution >= 4 is 23.2 Å². The second-order valence-corrected chi connectivity index (χ2v) is 4.77. The SMILES string of the molecule is COc1ccc(NC(=O)c2cn(C)nc2C(F)(F)F)c(Cl)c1. The lowest BCUT2D eigenvalue weighted by Gasteiger charge is -2.09. The van der Waals surface area contributed by atoms with Crippen molar-refractivity contribution in [3.63, 3.8) is 0 Å². The van der Waals surface area contributed by atoms with Gasteiger partial charge in [-0.25, -0.2) is 0 Å². The lowest BCUT2D eigenvalue weighted by Crippen LogP contribution is -2.18. The predicted octanol–water partition coefficient (Wildman–Crippen LogP) is 3.35. The van der Waals surface area contributed by atoms with Crippen molar-refractivity contribution in [2.45, 2.75) is 6.18 Å². The van der Waals surface area contributed by atoms with Crippen LogP contribution in [0.25, 0.3) is 0 Å². The summed E-state index contributed by atoms with van der Waals surface area (Å²) in [7, 11) is 2.74. The predicted molar refractivity (Wildman–Crippen MR) is 74.2 cm³/mol. The zero-order valence-electron chi connectivity index (χ0n) is 11.5. The highest BCUT2D eigenvalue weighted by Gasteiger charge is 2.39. The molecule has 0 fully saturated rings. The van der Waals surface area contributed by atoms with E-state index in [2.05, 4.69) is 10.4 Å². The topological polar surface area (TPSA) is 56.1 Å². The number of anilines is 1. The van der Waals surface area contributed by atoms with E-state index in [0.29, 0.717) is 5.75 Å². The number of benzene rings is 1. The number of aromatic nitrogens is 2. The van der Waals surface area contributed by atoms with E-state index in [1.54, 1.807) is 0 Å². The van der Waals surface area contributed by atoms with Gasteiger partial charge < -0.3 is 10.1 Å². The molecule has 1 aromatic heterocycles. The van der Waals surface area contributed by atoms with Crippen LogP contribution in [0.4, 0.5) is 18.9 Å². The van der Waals surface area contributed by atoms with Crippen molar-refractivity contribution in [1.29, 1.82) is 0 Å². The van der Waals surface area contributed by atoms with Crippen molar-refractivity contribution in [3.05, 3.63) is 40.7 Å². The van der Waals surface area contributed by atoms with Crippen LogP contribution in [-0.2, 0) is 13.2 Å². The molecule has 1 heterocycles. The first kappa shape index (κ1) is 16.2. The number of amides is 1. The lowest BCUT2D eigenvalue weighted by atomic mass is 10.2. The Kier molecular flexibility index (Phi) is 4.32. The minimum Gasteiger partial charge on any atom is -0.497 e. The number of carbonyl (C=O) groups is 1. The van der Waals surface area contributed by atoms with E-state index < -0.39 is 23.3 Å². The molecule has 0 saturated carbocycles. The van der Waals surface area contributed by atoms with E-state index in [0.717, 1.165) is 10.9 Å². The fourth-order valence-corrected chi connectivity index (χ4v) is 2.00. The number of halogens is 4. The normalized spacial score (nSPS) is 11.4. The largest absolute Gasteiger partial charge is 0.497 e. The zero-order valence-corrected chi connectivity index (χ0v) is 12.3. The molecular formula is C13H11ClF3N3O2. The summed E-state index contributed by atoms with van der Waals surface area (Å²) in [6.07, 6.45) is -3.73. The van der Waals surface area contributed by atoms with Crippen LogP contribution < -0.4 is 10.1 Å². The summed E-state index contributed by atoms with van der Waals surface area (Å²) in [5.74, 6) is -0.493. The van der Waals surface area contributed by atoms with Gasteiger partial charge in [-0.05, 0) is 12.1 Å². The van der Waals surface area contributed by atoms with Crippen LogP contribution in [0.15, 0.2) is 24.4 Å². The number of alkyl halides is 3. The molecule has 0 aliphatic carbocycles. The molecule has 0 aliphatic rings. The van der Waals surface area contributed by atoms with Crippen LogP contribution >= 0.6 is 11.6 Å². The Balaban J connectivity index is 2.30. The molecule has 2 aromatic rings. The Morgan fingerprint density at radius 2 is 2.09 bits per heavy atom. The van der Waals surface area contributed by atoms with E-state index in [9.17, 15) is 18.0 Å². The smallest absolute Gasteiger partial charge is 0.435 e. The fraction of sp³-hybridized carbons (Fsp3) is 0.231. The second kappa shape index (κ2) is 5.88. The average Bonchev–Trinajstić information content (AvgIpc) is 2.83. The van der Waals surface area contributed by atoms with Gasteiger partial charge in [0, 0.05) is 19.3 Å². The highest BCUT2D eigenvalue weighted by molar-refractivity contribution is 6.34. The Hall–Kier alpha value is -2.22. The van der Waals surface area contributed by atoms with E-state index in [1.165, 1.54) is 32.4 Å². The highest BCUT2D eigenvalue weighted by Crippen LogP contribution is 2.32. The lowest BCUT2D eigenvalue weighted by molar-refractivity contribution is -0.141. The van der Waals surface area contributed by atoms with Crippen molar-refractivity contribution in [2.75, 3.05) is 12.4 Å². The second-order valence-electron chi connectivity index (χ2n) is 4.36. The molecule has 22 heavy (non-hydrogen) atoms. The van der Waals surface area contributed by atoms with Gasteiger partial charge in [-0.3, -0.25) is 9.48 Å². The van der Waals surface area contributed by atoms with Crippen LogP contribution in [0, 0.1) is 0 Å². The molecule has 9 heteroatoms. The van der Waals surface area contributed by atoms with Crippen LogP contribution in [0.3, 0.4) is 0 Å². The van der Waals surface area contributed by atoms with Gasteiger partial charge in [0.05, 0.1) is 23.4 Å². The first-order valence-electron chi connectivity index (χ1n) is 5.98. The average molecular weight is 334 g/mol. The van der Waals surface area contributed by atoms with Crippen molar-refractivity contribution in [2.24, 2.45) is 7.05 Å². The van der Waals surface area contributed by atoms with Gasteiger partial charge in [0.15, 0.2) is 5.69 Å². The van der Waals surface area contributed by atoms with Crippen LogP contribution in [-0.4, -0.2) is 22.8 Å². The van der Waals surface area contributed by atoms with Gasteiger partial charge in [-0.15, -0.1) is 0 Å². The molecule has 2 rings (SSSR count). The Bertz CT molecular complexity index is 713. The quantitative estimate of drug-likeness (QED) is 0.937. The maximum atomic E-state index is 12.8. The number of carbonyl (C=O) groups excluding carboxylic acids is 1. The molecule has 1 N–H and O–H groups in total. The zero-order chi connectivity index (χ0) is 16.5. The first-order valence-corrected chi connectivity index (χ1v) is 6.36. The monoisotopic (exact) mass is 333 g/mol. The molecular weight excluding hydrogens is 323 g/mol. The molecule has 0 aliphatic heterocycles. The molecule has 0 unspecified atom stereocenters. The molecule has 0 bridgehead atoms. The van der Waals surface area contributed by atoms with E-state index in [4.69, 9.17) is 16.3 Å². The molecule has 1 amide bonds.